The molecule has 0 fully saturated rings. The monoisotopic (exact) mass is 199 g/mol. The maximum Gasteiger partial charge on any atom is 0.333 e. The number of hydrogen-bond donors (Lipinski definition) is 0. The first-order valence-corrected chi connectivity index (χ1v) is 4.99. The first-order valence-electron chi connectivity index (χ1n) is 4.99. The van der Waals surface area contributed by atoms with E-state index in [4.69, 9.17) is 4.74 Å². The summed E-state index contributed by atoms with van der Waals surface area (Å²) in [6.45, 7) is 6.16. The van der Waals surface area contributed by atoms with Crippen LogP contribution in [0.4, 0.5) is 0 Å². The lowest BCUT2D eigenvalue weighted by molar-refractivity contribution is -0.138. The standard InChI is InChI=1S/C11H21NO2/c1-6-14-11(13)9(2)7-8-10(3)12(4)5/h7,10H,6,8H2,1-5H3/b9-7+. The highest BCUT2D eigenvalue weighted by molar-refractivity contribution is 5.87. The highest BCUT2D eigenvalue weighted by atomic mass is 16.5. The van der Waals surface area contributed by atoms with Crippen LogP contribution in [0, 0.1) is 0 Å². The lowest BCUT2D eigenvalue weighted by atomic mass is 10.1. The van der Waals surface area contributed by atoms with Gasteiger partial charge in [-0.05, 0) is 41.3 Å². The molecule has 0 N–H and O–H groups in total. The van der Waals surface area contributed by atoms with E-state index in [9.17, 15) is 4.79 Å². The van der Waals surface area contributed by atoms with Crippen molar-refractivity contribution in [3.63, 3.8) is 0 Å². The molecule has 0 saturated heterocycles. The van der Waals surface area contributed by atoms with Crippen LogP contribution >= 0.6 is 0 Å². The molecule has 0 saturated carbocycles. The molecule has 1 atom stereocenters. The van der Waals surface area contributed by atoms with Gasteiger partial charge in [-0.1, -0.05) is 6.08 Å². The van der Waals surface area contributed by atoms with E-state index in [1.165, 1.54) is 0 Å². The van der Waals surface area contributed by atoms with E-state index >= 15 is 0 Å². The van der Waals surface area contributed by atoms with E-state index in [-0.39, 0.29) is 5.97 Å². The molecule has 0 heterocycles. The summed E-state index contributed by atoms with van der Waals surface area (Å²) in [4.78, 5) is 13.3. The third-order valence-electron chi connectivity index (χ3n) is 2.24. The van der Waals surface area contributed by atoms with Crippen LogP contribution in [0.5, 0.6) is 0 Å². The predicted molar refractivity (Wildman–Crippen MR) is 58.2 cm³/mol. The fourth-order valence-electron chi connectivity index (χ4n) is 0.886. The molecule has 0 aromatic carbocycles. The van der Waals surface area contributed by atoms with Gasteiger partial charge >= 0.3 is 5.97 Å². The number of nitrogens with zero attached hydrogens (tertiary/aromatic N) is 1. The van der Waals surface area contributed by atoms with E-state index in [1.54, 1.807) is 6.92 Å². The van der Waals surface area contributed by atoms with Crippen LogP contribution in [-0.2, 0) is 9.53 Å². The third-order valence-corrected chi connectivity index (χ3v) is 2.24. The quantitative estimate of drug-likeness (QED) is 0.500. The van der Waals surface area contributed by atoms with Crippen LogP contribution in [0.25, 0.3) is 0 Å². The van der Waals surface area contributed by atoms with Crippen molar-refractivity contribution >= 4 is 5.97 Å². The minimum absolute atomic E-state index is 0.210. The zero-order chi connectivity index (χ0) is 11.1. The summed E-state index contributed by atoms with van der Waals surface area (Å²) in [6, 6.07) is 0.444. The SMILES string of the molecule is CCOC(=O)/C(C)=C/CC(C)N(C)C. The summed E-state index contributed by atoms with van der Waals surface area (Å²) in [5.74, 6) is -0.210. The topological polar surface area (TPSA) is 29.5 Å². The number of hydrogen-bond acceptors (Lipinski definition) is 3. The van der Waals surface area contributed by atoms with E-state index < -0.39 is 0 Å². The Labute approximate surface area is 86.7 Å². The fraction of sp³-hybridized carbons (Fsp3) is 0.727. The molecule has 0 aromatic heterocycles. The van der Waals surface area contributed by atoms with Crippen LogP contribution in [0.2, 0.25) is 0 Å². The Morgan fingerprint density at radius 3 is 2.50 bits per heavy atom. The zero-order valence-corrected chi connectivity index (χ0v) is 9.83. The minimum Gasteiger partial charge on any atom is -0.463 e. The first-order chi connectivity index (χ1) is 6.49. The second-order valence-corrected chi connectivity index (χ2v) is 3.66. The molecule has 0 aromatic rings. The maximum atomic E-state index is 11.2. The van der Waals surface area contributed by atoms with Gasteiger partial charge in [0.1, 0.15) is 0 Å². The van der Waals surface area contributed by atoms with Gasteiger partial charge in [-0.15, -0.1) is 0 Å². The van der Waals surface area contributed by atoms with E-state index in [1.807, 2.05) is 27.1 Å². The van der Waals surface area contributed by atoms with Crippen LogP contribution in [0.3, 0.4) is 0 Å². The van der Waals surface area contributed by atoms with Crippen LogP contribution in [-0.4, -0.2) is 37.6 Å². The molecule has 3 nitrogen and oxygen atoms in total. The van der Waals surface area contributed by atoms with Gasteiger partial charge in [-0.2, -0.15) is 0 Å². The smallest absolute Gasteiger partial charge is 0.333 e. The van der Waals surface area contributed by atoms with Crippen molar-refractivity contribution < 1.29 is 9.53 Å². The Bertz CT molecular complexity index is 209. The molecule has 0 aliphatic rings. The molecular formula is C11H21NO2. The summed E-state index contributed by atoms with van der Waals surface area (Å²) >= 11 is 0. The van der Waals surface area contributed by atoms with E-state index in [2.05, 4.69) is 11.8 Å². The van der Waals surface area contributed by atoms with Crippen molar-refractivity contribution in [2.75, 3.05) is 20.7 Å². The Kier molecular flexibility index (Phi) is 6.21. The molecule has 0 rings (SSSR count). The second-order valence-electron chi connectivity index (χ2n) is 3.66. The average Bonchev–Trinajstić information content (AvgIpc) is 2.13. The average molecular weight is 199 g/mol. The largest absolute Gasteiger partial charge is 0.463 e. The lowest BCUT2D eigenvalue weighted by Crippen LogP contribution is -2.23. The predicted octanol–water partition coefficient (Wildman–Crippen LogP) is 1.84. The Morgan fingerprint density at radius 2 is 2.07 bits per heavy atom. The van der Waals surface area contributed by atoms with Gasteiger partial charge in [-0.3, -0.25) is 0 Å². The summed E-state index contributed by atoms with van der Waals surface area (Å²) in [7, 11) is 4.05. The Balaban J connectivity index is 4.05. The van der Waals surface area contributed by atoms with Gasteiger partial charge in [0.25, 0.3) is 0 Å². The Hall–Kier alpha value is -0.830. The van der Waals surface area contributed by atoms with Crippen molar-refractivity contribution in [3.8, 4) is 0 Å². The molecule has 0 bridgehead atoms. The van der Waals surface area contributed by atoms with E-state index in [0.717, 1.165) is 6.42 Å². The number of rotatable bonds is 5. The zero-order valence-electron chi connectivity index (χ0n) is 9.83. The minimum atomic E-state index is -0.210. The number of carbonyl (C=O) groups excluding carboxylic acids is 1. The molecule has 1 unspecified atom stereocenters. The first kappa shape index (κ1) is 13.2. The highest BCUT2D eigenvalue weighted by Crippen LogP contribution is 2.04. The van der Waals surface area contributed by atoms with Gasteiger partial charge in [0.05, 0.1) is 6.61 Å². The van der Waals surface area contributed by atoms with Gasteiger partial charge < -0.3 is 9.64 Å². The van der Waals surface area contributed by atoms with Crippen LogP contribution in [0.1, 0.15) is 27.2 Å². The van der Waals surface area contributed by atoms with Crippen LogP contribution in [0.15, 0.2) is 11.6 Å². The molecule has 0 aliphatic heterocycles. The lowest BCUT2D eigenvalue weighted by Gasteiger charge is -2.17. The van der Waals surface area contributed by atoms with Gasteiger partial charge in [0.2, 0.25) is 0 Å². The summed E-state index contributed by atoms with van der Waals surface area (Å²) in [5, 5.41) is 0. The fourth-order valence-corrected chi connectivity index (χ4v) is 0.886. The second kappa shape index (κ2) is 6.60. The normalized spacial score (nSPS) is 14.3. The van der Waals surface area contributed by atoms with Crippen molar-refractivity contribution in [1.29, 1.82) is 0 Å². The molecule has 0 radical (unpaired) electrons. The number of ether oxygens (including phenoxy) is 1. The summed E-state index contributed by atoms with van der Waals surface area (Å²) in [6.07, 6.45) is 2.81. The van der Waals surface area contributed by atoms with Gasteiger partial charge in [-0.25, -0.2) is 4.79 Å². The highest BCUT2D eigenvalue weighted by Gasteiger charge is 2.06. The van der Waals surface area contributed by atoms with Crippen molar-refractivity contribution in [2.45, 2.75) is 33.2 Å². The van der Waals surface area contributed by atoms with E-state index in [0.29, 0.717) is 18.2 Å². The van der Waals surface area contributed by atoms with Crippen molar-refractivity contribution in [3.05, 3.63) is 11.6 Å². The molecule has 14 heavy (non-hydrogen) atoms. The van der Waals surface area contributed by atoms with Crippen LogP contribution < -0.4 is 0 Å². The summed E-state index contributed by atoms with van der Waals surface area (Å²) < 4.78 is 4.88. The Morgan fingerprint density at radius 1 is 1.50 bits per heavy atom. The third kappa shape index (κ3) is 5.02. The van der Waals surface area contributed by atoms with Crippen molar-refractivity contribution in [2.24, 2.45) is 0 Å². The van der Waals surface area contributed by atoms with Crippen molar-refractivity contribution in [1.82, 2.24) is 4.90 Å². The summed E-state index contributed by atoms with van der Waals surface area (Å²) in [5.41, 5.74) is 0.695. The maximum absolute atomic E-state index is 11.2. The molecule has 0 amide bonds. The number of carbonyl (C=O) groups is 1. The molecule has 0 spiro atoms. The molecule has 82 valence electrons. The van der Waals surface area contributed by atoms with Gasteiger partial charge in [0.15, 0.2) is 0 Å². The molecule has 3 heteroatoms. The molecule has 0 aliphatic carbocycles. The molecular weight excluding hydrogens is 178 g/mol. The van der Waals surface area contributed by atoms with Gasteiger partial charge in [0, 0.05) is 11.6 Å². The number of esters is 1.